The third kappa shape index (κ3) is 5.55. The van der Waals surface area contributed by atoms with Crippen LogP contribution in [0.4, 0.5) is 0 Å². The number of ether oxygens (including phenoxy) is 1. The molecule has 0 aliphatic carbocycles. The largest absolute Gasteiger partial charge is 0.456 e. The highest BCUT2D eigenvalue weighted by Crippen LogP contribution is 2.34. The Morgan fingerprint density at radius 2 is 1.79 bits per heavy atom. The van der Waals surface area contributed by atoms with Gasteiger partial charge in [0, 0.05) is 6.42 Å². The summed E-state index contributed by atoms with van der Waals surface area (Å²) in [5, 5.41) is 7.25. The first-order chi connectivity index (χ1) is 13.8. The van der Waals surface area contributed by atoms with Crippen molar-refractivity contribution >= 4 is 11.9 Å². The van der Waals surface area contributed by atoms with Gasteiger partial charge in [0.1, 0.15) is 17.2 Å². The molecule has 0 amide bonds. The zero-order valence-corrected chi connectivity index (χ0v) is 19.3. The Morgan fingerprint density at radius 1 is 1.10 bits per heavy atom. The second-order valence-corrected chi connectivity index (χ2v) is 10.2. The van der Waals surface area contributed by atoms with Crippen LogP contribution in [0.3, 0.4) is 0 Å². The van der Waals surface area contributed by atoms with Crippen molar-refractivity contribution in [3.05, 3.63) is 11.3 Å². The van der Waals surface area contributed by atoms with E-state index in [1.165, 1.54) is 57.8 Å². The molecule has 3 aliphatic heterocycles. The normalized spacial score (nSPS) is 26.2. The molecule has 0 saturated carbocycles. The quantitative estimate of drug-likeness (QED) is 0.335. The smallest absolute Gasteiger partial charge is 0.351 e. The first-order valence-electron chi connectivity index (χ1n) is 11.9. The fourth-order valence-corrected chi connectivity index (χ4v) is 5.15. The van der Waals surface area contributed by atoms with E-state index in [1.54, 1.807) is 0 Å². The number of hydrogen-bond acceptors (Lipinski definition) is 4. The van der Waals surface area contributed by atoms with E-state index in [1.807, 2.05) is 27.7 Å². The summed E-state index contributed by atoms with van der Waals surface area (Å²) >= 11 is 0. The monoisotopic (exact) mass is 404 g/mol. The molecule has 0 aromatic carbocycles. The van der Waals surface area contributed by atoms with Crippen molar-refractivity contribution in [3.8, 4) is 0 Å². The lowest BCUT2D eigenvalue weighted by molar-refractivity contribution is -0.580. The molecule has 0 radical (unpaired) electrons. The topological polar surface area (TPSA) is 53.4 Å². The number of esters is 1. The molecule has 5 heteroatoms. The fraction of sp³-hybridized carbons (Fsp3) is 0.833. The van der Waals surface area contributed by atoms with E-state index in [9.17, 15) is 4.79 Å². The molecular formula is C24H42N3O2+. The maximum absolute atomic E-state index is 12.8. The van der Waals surface area contributed by atoms with Crippen molar-refractivity contribution in [2.24, 2.45) is 0 Å². The number of unbranched alkanes of at least 4 members (excludes halogenated alkanes) is 6. The number of carbonyl (C=O) groups excluding carboxylic acids is 1. The summed E-state index contributed by atoms with van der Waals surface area (Å²) in [5.41, 5.74) is 1.30. The van der Waals surface area contributed by atoms with E-state index in [-0.39, 0.29) is 12.0 Å². The molecule has 164 valence electrons. The predicted octanol–water partition coefficient (Wildman–Crippen LogP) is 4.61. The number of rotatable bonds is 9. The minimum Gasteiger partial charge on any atom is -0.456 e. The average molecular weight is 405 g/mol. The lowest BCUT2D eigenvalue weighted by Crippen LogP contribution is -2.59. The molecule has 5 nitrogen and oxygen atoms in total. The summed E-state index contributed by atoms with van der Waals surface area (Å²) in [6.45, 7) is 10.1. The number of guanidine groups is 1. The van der Waals surface area contributed by atoms with Gasteiger partial charge in [-0.3, -0.25) is 9.89 Å². The van der Waals surface area contributed by atoms with Gasteiger partial charge < -0.3 is 4.74 Å². The maximum atomic E-state index is 12.8. The second-order valence-electron chi connectivity index (χ2n) is 10.2. The number of nitrogens with zero attached hydrogens (tertiary/aromatic N) is 1. The Hall–Kier alpha value is -1.52. The fourth-order valence-electron chi connectivity index (χ4n) is 5.15. The Morgan fingerprint density at radius 3 is 2.48 bits per heavy atom. The molecule has 2 N–H and O–H groups in total. The SMILES string of the molecule is CCCCCCCCC[C@@H]1C[C@@H]2CC[C@H]3C(C(=O)OC(C)(C)C)=C(C)NC(=[N+]23)N1. The van der Waals surface area contributed by atoms with Gasteiger partial charge in [-0.25, -0.2) is 10.1 Å². The van der Waals surface area contributed by atoms with Crippen LogP contribution in [0.1, 0.15) is 105 Å². The summed E-state index contributed by atoms with van der Waals surface area (Å²) in [4.78, 5) is 12.8. The molecule has 0 unspecified atom stereocenters. The number of allylic oxidation sites excluding steroid dienone is 1. The van der Waals surface area contributed by atoms with Gasteiger partial charge in [-0.05, 0) is 47.0 Å². The first-order valence-corrected chi connectivity index (χ1v) is 11.9. The van der Waals surface area contributed by atoms with Crippen LogP contribution in [0.15, 0.2) is 11.3 Å². The van der Waals surface area contributed by atoms with E-state index in [0.717, 1.165) is 30.1 Å². The molecule has 3 rings (SSSR count). The molecular weight excluding hydrogens is 362 g/mol. The molecule has 1 saturated heterocycles. The van der Waals surface area contributed by atoms with Gasteiger partial charge in [-0.15, -0.1) is 0 Å². The van der Waals surface area contributed by atoms with Gasteiger partial charge in [-0.1, -0.05) is 51.9 Å². The van der Waals surface area contributed by atoms with Gasteiger partial charge in [0.2, 0.25) is 0 Å². The molecule has 1 fully saturated rings. The van der Waals surface area contributed by atoms with Crippen molar-refractivity contribution in [1.29, 1.82) is 0 Å². The molecule has 3 atom stereocenters. The van der Waals surface area contributed by atoms with Gasteiger partial charge in [0.25, 0.3) is 0 Å². The third-order valence-corrected chi connectivity index (χ3v) is 6.48. The highest BCUT2D eigenvalue weighted by atomic mass is 16.6. The van der Waals surface area contributed by atoms with Crippen LogP contribution in [0, 0.1) is 0 Å². The molecule has 0 bridgehead atoms. The highest BCUT2D eigenvalue weighted by Gasteiger charge is 2.48. The Kier molecular flexibility index (Phi) is 7.28. The zero-order valence-electron chi connectivity index (χ0n) is 19.3. The minimum absolute atomic E-state index is 0.151. The molecule has 0 spiro atoms. The standard InChI is InChI=1S/C24H41N3O2/c1-6-7-8-9-10-11-12-13-18-16-19-14-15-20-21(22(28)29-24(3,4)5)17(2)25-23(26-18)27(19)20/h18-20H,6-16H2,1-5H3,(H,25,26,28)/p+1/t18-,19+,20+/m1/s1. The van der Waals surface area contributed by atoms with Crippen LogP contribution in [-0.4, -0.2) is 40.2 Å². The van der Waals surface area contributed by atoms with Crippen molar-refractivity contribution in [2.75, 3.05) is 0 Å². The lowest BCUT2D eigenvalue weighted by Gasteiger charge is -2.34. The van der Waals surface area contributed by atoms with E-state index in [0.29, 0.717) is 12.1 Å². The summed E-state index contributed by atoms with van der Waals surface area (Å²) in [5.74, 6) is 0.943. The summed E-state index contributed by atoms with van der Waals surface area (Å²) in [7, 11) is 0. The van der Waals surface area contributed by atoms with Crippen molar-refractivity contribution < 1.29 is 14.1 Å². The van der Waals surface area contributed by atoms with Gasteiger partial charge in [0.15, 0.2) is 0 Å². The zero-order chi connectivity index (χ0) is 21.0. The van der Waals surface area contributed by atoms with Crippen LogP contribution < -0.4 is 10.6 Å². The van der Waals surface area contributed by atoms with Crippen LogP contribution in [0.2, 0.25) is 0 Å². The molecule has 3 heterocycles. The van der Waals surface area contributed by atoms with E-state index >= 15 is 0 Å². The first kappa shape index (κ1) is 22.2. The van der Waals surface area contributed by atoms with Gasteiger partial charge >= 0.3 is 11.9 Å². The van der Waals surface area contributed by atoms with E-state index in [4.69, 9.17) is 4.74 Å². The van der Waals surface area contributed by atoms with Gasteiger partial charge in [0.05, 0.1) is 17.8 Å². The summed E-state index contributed by atoms with van der Waals surface area (Å²) < 4.78 is 8.13. The second kappa shape index (κ2) is 9.53. The van der Waals surface area contributed by atoms with Crippen molar-refractivity contribution in [3.63, 3.8) is 0 Å². The highest BCUT2D eigenvalue weighted by molar-refractivity contribution is 5.93. The van der Waals surface area contributed by atoms with E-state index < -0.39 is 5.60 Å². The maximum Gasteiger partial charge on any atom is 0.351 e. The van der Waals surface area contributed by atoms with Crippen LogP contribution >= 0.6 is 0 Å². The number of hydrogen-bond donors (Lipinski definition) is 2. The molecule has 3 aliphatic rings. The minimum atomic E-state index is -0.464. The third-order valence-electron chi connectivity index (χ3n) is 6.48. The van der Waals surface area contributed by atoms with Crippen molar-refractivity contribution in [2.45, 2.75) is 129 Å². The molecule has 0 aromatic heterocycles. The summed E-state index contributed by atoms with van der Waals surface area (Å²) in [6, 6.07) is 1.23. The lowest BCUT2D eigenvalue weighted by atomic mass is 9.97. The van der Waals surface area contributed by atoms with Crippen molar-refractivity contribution in [1.82, 2.24) is 10.6 Å². The Balaban J connectivity index is 1.56. The van der Waals surface area contributed by atoms with Crippen LogP contribution in [-0.2, 0) is 9.53 Å². The summed E-state index contributed by atoms with van der Waals surface area (Å²) in [6.07, 6.45) is 14.1. The van der Waals surface area contributed by atoms with Crippen LogP contribution in [0.25, 0.3) is 0 Å². The predicted molar refractivity (Wildman–Crippen MR) is 118 cm³/mol. The van der Waals surface area contributed by atoms with Crippen LogP contribution in [0.5, 0.6) is 0 Å². The number of nitrogens with one attached hydrogen (secondary N) is 2. The molecule has 0 aromatic rings. The number of carbonyl (C=O) groups is 1. The Bertz CT molecular complexity index is 660. The Labute approximate surface area is 177 Å². The molecule has 29 heavy (non-hydrogen) atoms. The van der Waals surface area contributed by atoms with Gasteiger partial charge in [-0.2, -0.15) is 0 Å². The van der Waals surface area contributed by atoms with E-state index in [2.05, 4.69) is 22.1 Å². The average Bonchev–Trinajstić information content (AvgIpc) is 3.04.